The molecule has 0 amide bonds. The summed E-state index contributed by atoms with van der Waals surface area (Å²) in [6.45, 7) is 1.23. The third kappa shape index (κ3) is 3.99. The van der Waals surface area contributed by atoms with Gasteiger partial charge in [0.25, 0.3) is 0 Å². The van der Waals surface area contributed by atoms with Crippen molar-refractivity contribution in [1.82, 2.24) is 0 Å². The summed E-state index contributed by atoms with van der Waals surface area (Å²) in [5, 5.41) is 9.05. The van der Waals surface area contributed by atoms with Gasteiger partial charge in [0.2, 0.25) is 0 Å². The number of nitrogens with two attached hydrogens (primary N) is 1. The van der Waals surface area contributed by atoms with Crippen molar-refractivity contribution in [2.75, 3.05) is 6.61 Å². The van der Waals surface area contributed by atoms with Gasteiger partial charge in [0, 0.05) is 4.90 Å². The van der Waals surface area contributed by atoms with Gasteiger partial charge in [-0.15, -0.1) is 0 Å². The van der Waals surface area contributed by atoms with Crippen LogP contribution in [0.3, 0.4) is 0 Å². The van der Waals surface area contributed by atoms with Gasteiger partial charge in [-0.05, 0) is 24.1 Å². The summed E-state index contributed by atoms with van der Waals surface area (Å²) in [4.78, 5) is 19.1. The average Bonchev–Trinajstić information content (AvgIpc) is 2.34. The van der Waals surface area contributed by atoms with E-state index in [2.05, 4.69) is 0 Å². The van der Waals surface area contributed by atoms with Gasteiger partial charge in [-0.2, -0.15) is 0 Å². The highest BCUT2D eigenvalue weighted by molar-refractivity contribution is 8.78. The molecule has 0 radical (unpaired) electrons. The first-order chi connectivity index (χ1) is 8.32. The van der Waals surface area contributed by atoms with E-state index in [1.807, 2.05) is 31.2 Å². The SMILES string of the molecule is CCc1cccc(SSC(N)(CO)P(=O)(O)O)c1. The van der Waals surface area contributed by atoms with E-state index in [9.17, 15) is 4.57 Å². The van der Waals surface area contributed by atoms with Crippen molar-refractivity contribution in [3.05, 3.63) is 29.8 Å². The summed E-state index contributed by atoms with van der Waals surface area (Å²) in [5.41, 5.74) is 6.65. The van der Waals surface area contributed by atoms with Gasteiger partial charge >= 0.3 is 7.60 Å². The molecule has 1 atom stereocenters. The Balaban J connectivity index is 2.77. The van der Waals surface area contributed by atoms with Crippen LogP contribution < -0.4 is 5.73 Å². The third-order valence-electron chi connectivity index (χ3n) is 2.31. The number of aryl methyl sites for hydroxylation is 1. The maximum Gasteiger partial charge on any atom is 0.358 e. The van der Waals surface area contributed by atoms with E-state index in [1.165, 1.54) is 0 Å². The van der Waals surface area contributed by atoms with Crippen LogP contribution in [0.5, 0.6) is 0 Å². The number of hydrogen-bond acceptors (Lipinski definition) is 5. The lowest BCUT2D eigenvalue weighted by Gasteiger charge is -2.26. The molecule has 5 N–H and O–H groups in total. The normalized spacial score (nSPS) is 15.4. The van der Waals surface area contributed by atoms with Crippen LogP contribution in [0.15, 0.2) is 29.2 Å². The van der Waals surface area contributed by atoms with Crippen LogP contribution in [0.2, 0.25) is 0 Å². The second kappa shape index (κ2) is 6.43. The summed E-state index contributed by atoms with van der Waals surface area (Å²) in [6, 6.07) is 7.60. The van der Waals surface area contributed by atoms with E-state index >= 15 is 0 Å². The zero-order valence-corrected chi connectivity index (χ0v) is 12.3. The minimum Gasteiger partial charge on any atom is -0.393 e. The van der Waals surface area contributed by atoms with Crippen molar-refractivity contribution in [1.29, 1.82) is 0 Å². The molecule has 0 heterocycles. The molecule has 1 aromatic carbocycles. The Bertz CT molecular complexity index is 453. The molecule has 1 unspecified atom stereocenters. The second-order valence-electron chi connectivity index (χ2n) is 3.71. The van der Waals surface area contributed by atoms with Crippen LogP contribution in [-0.2, 0) is 11.0 Å². The Labute approximate surface area is 114 Å². The Morgan fingerprint density at radius 3 is 2.61 bits per heavy atom. The maximum atomic E-state index is 11.2. The van der Waals surface area contributed by atoms with E-state index in [0.29, 0.717) is 0 Å². The molecule has 0 bridgehead atoms. The van der Waals surface area contributed by atoms with E-state index in [-0.39, 0.29) is 0 Å². The number of rotatable bonds is 6. The zero-order chi connectivity index (χ0) is 13.8. The number of aliphatic hydroxyl groups excluding tert-OH is 1. The van der Waals surface area contributed by atoms with Crippen LogP contribution in [-0.4, -0.2) is 26.1 Å². The first-order valence-corrected chi connectivity index (χ1v) is 8.98. The van der Waals surface area contributed by atoms with Gasteiger partial charge in [-0.3, -0.25) is 4.57 Å². The van der Waals surface area contributed by atoms with Crippen LogP contribution in [0.1, 0.15) is 12.5 Å². The predicted molar refractivity (Wildman–Crippen MR) is 75.3 cm³/mol. The monoisotopic (exact) mass is 309 g/mol. The molecule has 0 saturated carbocycles. The van der Waals surface area contributed by atoms with Crippen LogP contribution in [0, 0.1) is 0 Å². The predicted octanol–water partition coefficient (Wildman–Crippen LogP) is 1.77. The molecule has 1 aromatic rings. The lowest BCUT2D eigenvalue weighted by molar-refractivity contribution is 0.255. The van der Waals surface area contributed by atoms with Crippen molar-refractivity contribution < 1.29 is 19.5 Å². The molecule has 0 aliphatic rings. The smallest absolute Gasteiger partial charge is 0.358 e. The first-order valence-electron chi connectivity index (χ1n) is 5.22. The molecule has 0 saturated heterocycles. The van der Waals surface area contributed by atoms with Crippen LogP contribution in [0.25, 0.3) is 0 Å². The van der Waals surface area contributed by atoms with Crippen molar-refractivity contribution >= 4 is 29.2 Å². The molecular formula is C10H16NO4PS2. The molecule has 0 spiro atoms. The van der Waals surface area contributed by atoms with Crippen molar-refractivity contribution in [3.8, 4) is 0 Å². The van der Waals surface area contributed by atoms with E-state index in [1.54, 1.807) is 0 Å². The van der Waals surface area contributed by atoms with Crippen LogP contribution in [0.4, 0.5) is 0 Å². The zero-order valence-electron chi connectivity index (χ0n) is 9.81. The Morgan fingerprint density at radius 2 is 2.11 bits per heavy atom. The summed E-state index contributed by atoms with van der Waals surface area (Å²) in [5.74, 6) is 0. The van der Waals surface area contributed by atoms with Crippen molar-refractivity contribution in [2.45, 2.75) is 22.9 Å². The largest absolute Gasteiger partial charge is 0.393 e. The fourth-order valence-electron chi connectivity index (χ4n) is 1.10. The molecule has 0 aliphatic heterocycles. The van der Waals surface area contributed by atoms with Gasteiger partial charge in [0.05, 0.1) is 6.61 Å². The minimum atomic E-state index is -4.57. The lowest BCUT2D eigenvalue weighted by Crippen LogP contribution is -2.38. The molecule has 1 rings (SSSR count). The number of hydrogen-bond donors (Lipinski definition) is 4. The van der Waals surface area contributed by atoms with Gasteiger partial charge in [-0.1, -0.05) is 40.6 Å². The van der Waals surface area contributed by atoms with Gasteiger partial charge in [0.1, 0.15) is 0 Å². The molecule has 0 fully saturated rings. The fourth-order valence-corrected chi connectivity index (χ4v) is 4.70. The first kappa shape index (κ1) is 16.0. The Hall–Kier alpha value is -0.0100. The van der Waals surface area contributed by atoms with Gasteiger partial charge in [0.15, 0.2) is 4.61 Å². The van der Waals surface area contributed by atoms with Gasteiger partial charge in [-0.25, -0.2) is 0 Å². The molecule has 0 aromatic heterocycles. The van der Waals surface area contributed by atoms with Crippen molar-refractivity contribution in [2.24, 2.45) is 5.73 Å². The topological polar surface area (TPSA) is 104 Å². The lowest BCUT2D eigenvalue weighted by atomic mass is 10.2. The van der Waals surface area contributed by atoms with Gasteiger partial charge < -0.3 is 20.6 Å². The third-order valence-corrected chi connectivity index (χ3v) is 7.46. The van der Waals surface area contributed by atoms with Crippen LogP contribution >= 0.6 is 29.2 Å². The van der Waals surface area contributed by atoms with E-state index in [0.717, 1.165) is 38.5 Å². The Morgan fingerprint density at radius 1 is 1.44 bits per heavy atom. The highest BCUT2D eigenvalue weighted by atomic mass is 33.1. The highest BCUT2D eigenvalue weighted by Crippen LogP contribution is 2.57. The Kier molecular flexibility index (Phi) is 5.73. The molecule has 102 valence electrons. The minimum absolute atomic E-state index is 0.784. The summed E-state index contributed by atoms with van der Waals surface area (Å²) in [7, 11) is -2.64. The molecular weight excluding hydrogens is 293 g/mol. The summed E-state index contributed by atoms with van der Waals surface area (Å²) < 4.78 is 9.23. The number of benzene rings is 1. The summed E-state index contributed by atoms with van der Waals surface area (Å²) >= 11 is 0. The fraction of sp³-hybridized carbons (Fsp3) is 0.400. The highest BCUT2D eigenvalue weighted by Gasteiger charge is 2.44. The standard InChI is InChI=1S/C10H16NO4PS2/c1-2-8-4-3-5-9(6-8)17-18-10(11,7-12)16(13,14)15/h3-6,12H,2,7,11H2,1H3,(H2,13,14,15). The summed E-state index contributed by atoms with van der Waals surface area (Å²) in [6.07, 6.45) is 0.880. The second-order valence-corrected chi connectivity index (χ2v) is 8.44. The maximum absolute atomic E-state index is 11.2. The molecule has 18 heavy (non-hydrogen) atoms. The van der Waals surface area contributed by atoms with E-state index in [4.69, 9.17) is 20.6 Å². The molecule has 5 nitrogen and oxygen atoms in total. The quantitative estimate of drug-likeness (QED) is 0.361. The van der Waals surface area contributed by atoms with E-state index < -0.39 is 18.8 Å². The molecule has 0 aliphatic carbocycles. The number of aliphatic hydroxyl groups is 1. The average molecular weight is 309 g/mol. The van der Waals surface area contributed by atoms with Crippen molar-refractivity contribution in [3.63, 3.8) is 0 Å². The molecule has 8 heteroatoms.